The first-order valence-corrected chi connectivity index (χ1v) is 12.0. The lowest BCUT2D eigenvalue weighted by atomic mass is 10.1. The summed E-state index contributed by atoms with van der Waals surface area (Å²) in [6.45, 7) is 4.23. The van der Waals surface area contributed by atoms with Crippen molar-refractivity contribution in [3.63, 3.8) is 0 Å². The maximum Gasteiger partial charge on any atom is 0.316 e. The SMILES string of the molecule is COc1cc(C)c(S(=O)(=O)Cc2noc(C(=O)N3CCC(Oc4ccncc4)C3)n2)c(C)c1. The Morgan fingerprint density at radius 1 is 1.18 bits per heavy atom. The Kier molecular flexibility index (Phi) is 6.32. The van der Waals surface area contributed by atoms with E-state index >= 15 is 0 Å². The molecule has 4 rings (SSSR count). The minimum absolute atomic E-state index is 0.0725. The van der Waals surface area contributed by atoms with Crippen molar-refractivity contribution in [2.45, 2.75) is 37.0 Å². The average molecular weight is 473 g/mol. The molecule has 1 atom stereocenters. The number of hydrogen-bond acceptors (Lipinski definition) is 9. The summed E-state index contributed by atoms with van der Waals surface area (Å²) >= 11 is 0. The van der Waals surface area contributed by atoms with Gasteiger partial charge in [0.15, 0.2) is 15.7 Å². The van der Waals surface area contributed by atoms with E-state index in [0.29, 0.717) is 42.1 Å². The molecule has 1 fully saturated rings. The Morgan fingerprint density at radius 2 is 1.88 bits per heavy atom. The molecular formula is C22H24N4O6S. The Bertz CT molecular complexity index is 1240. The van der Waals surface area contributed by atoms with Crippen LogP contribution in [0.4, 0.5) is 0 Å². The highest BCUT2D eigenvalue weighted by Crippen LogP contribution is 2.28. The number of likely N-dealkylation sites (tertiary alicyclic amines) is 1. The molecule has 0 N–H and O–H groups in total. The van der Waals surface area contributed by atoms with Crippen LogP contribution in [0.2, 0.25) is 0 Å². The third-order valence-corrected chi connectivity index (χ3v) is 7.24. The van der Waals surface area contributed by atoms with Crippen LogP contribution in [0, 0.1) is 13.8 Å². The van der Waals surface area contributed by atoms with E-state index in [1.165, 1.54) is 7.11 Å². The first-order valence-electron chi connectivity index (χ1n) is 10.3. The molecule has 0 aliphatic carbocycles. The van der Waals surface area contributed by atoms with Crippen LogP contribution in [0.3, 0.4) is 0 Å². The highest BCUT2D eigenvalue weighted by molar-refractivity contribution is 7.90. The smallest absolute Gasteiger partial charge is 0.316 e. The fourth-order valence-corrected chi connectivity index (χ4v) is 5.61. The summed E-state index contributed by atoms with van der Waals surface area (Å²) in [5.41, 5.74) is 1.12. The fourth-order valence-electron chi connectivity index (χ4n) is 3.91. The van der Waals surface area contributed by atoms with Crippen molar-refractivity contribution in [3.05, 3.63) is 59.5 Å². The van der Waals surface area contributed by atoms with E-state index in [4.69, 9.17) is 14.0 Å². The molecule has 1 saturated heterocycles. The highest BCUT2D eigenvalue weighted by Gasteiger charge is 2.32. The van der Waals surface area contributed by atoms with Crippen molar-refractivity contribution in [3.8, 4) is 11.5 Å². The van der Waals surface area contributed by atoms with Crippen molar-refractivity contribution in [2.24, 2.45) is 0 Å². The third-order valence-electron chi connectivity index (χ3n) is 5.34. The average Bonchev–Trinajstić information content (AvgIpc) is 3.42. The topological polar surface area (TPSA) is 125 Å². The summed E-state index contributed by atoms with van der Waals surface area (Å²) < 4.78 is 42.2. The summed E-state index contributed by atoms with van der Waals surface area (Å²) in [5.74, 6) is 0.00589. The van der Waals surface area contributed by atoms with Gasteiger partial charge in [-0.2, -0.15) is 4.98 Å². The molecule has 0 saturated carbocycles. The molecular weight excluding hydrogens is 448 g/mol. The summed E-state index contributed by atoms with van der Waals surface area (Å²) in [4.78, 5) is 22.5. The number of carbonyl (C=O) groups is 1. The van der Waals surface area contributed by atoms with Gasteiger partial charge in [0.2, 0.25) is 0 Å². The second kappa shape index (κ2) is 9.18. The second-order valence-electron chi connectivity index (χ2n) is 7.83. The van der Waals surface area contributed by atoms with Gasteiger partial charge < -0.3 is 18.9 Å². The number of amides is 1. The molecule has 1 unspecified atom stereocenters. The number of ether oxygens (including phenoxy) is 2. The second-order valence-corrected chi connectivity index (χ2v) is 9.75. The van der Waals surface area contributed by atoms with Crippen LogP contribution in [0.25, 0.3) is 0 Å². The molecule has 0 radical (unpaired) electrons. The number of sulfone groups is 1. The maximum absolute atomic E-state index is 13.0. The van der Waals surface area contributed by atoms with E-state index in [1.807, 2.05) is 0 Å². The number of hydrogen-bond donors (Lipinski definition) is 0. The standard InChI is InChI=1S/C22H24N4O6S/c1-14-10-18(30-3)11-15(2)20(14)33(28,29)13-19-24-21(32-25-19)22(27)26-9-6-17(12-26)31-16-4-7-23-8-5-16/h4-5,7-8,10-11,17H,6,9,12-13H2,1-3H3. The Morgan fingerprint density at radius 3 is 2.55 bits per heavy atom. The van der Waals surface area contributed by atoms with Gasteiger partial charge in [-0.1, -0.05) is 5.16 Å². The molecule has 10 nitrogen and oxygen atoms in total. The van der Waals surface area contributed by atoms with Crippen LogP contribution >= 0.6 is 0 Å². The first kappa shape index (κ1) is 22.7. The Hall–Kier alpha value is -3.47. The molecule has 2 aromatic heterocycles. The van der Waals surface area contributed by atoms with Gasteiger partial charge >= 0.3 is 11.8 Å². The van der Waals surface area contributed by atoms with Crippen LogP contribution in [-0.4, -0.2) is 60.7 Å². The molecule has 1 aliphatic rings. The Balaban J connectivity index is 1.43. The van der Waals surface area contributed by atoms with Crippen molar-refractivity contribution in [2.75, 3.05) is 20.2 Å². The minimum atomic E-state index is -3.76. The van der Waals surface area contributed by atoms with Crippen LogP contribution in [0.15, 0.2) is 46.1 Å². The Labute approximate surface area is 191 Å². The van der Waals surface area contributed by atoms with Crippen LogP contribution < -0.4 is 9.47 Å². The van der Waals surface area contributed by atoms with Gasteiger partial charge in [-0.15, -0.1) is 0 Å². The third kappa shape index (κ3) is 4.98. The summed E-state index contributed by atoms with van der Waals surface area (Å²) in [6, 6.07) is 6.81. The molecule has 11 heteroatoms. The number of pyridine rings is 1. The van der Waals surface area contributed by atoms with Gasteiger partial charge in [-0.05, 0) is 49.2 Å². The number of aryl methyl sites for hydroxylation is 2. The predicted octanol–water partition coefficient (Wildman–Crippen LogP) is 2.36. The maximum atomic E-state index is 13.0. The molecule has 174 valence electrons. The van der Waals surface area contributed by atoms with Gasteiger partial charge in [-0.3, -0.25) is 9.78 Å². The molecule has 0 spiro atoms. The number of aromatic nitrogens is 3. The number of benzene rings is 1. The van der Waals surface area contributed by atoms with Crippen LogP contribution in [-0.2, 0) is 15.6 Å². The quantitative estimate of drug-likeness (QED) is 0.509. The van der Waals surface area contributed by atoms with E-state index in [1.54, 1.807) is 55.4 Å². The first-order chi connectivity index (χ1) is 15.8. The largest absolute Gasteiger partial charge is 0.497 e. The van der Waals surface area contributed by atoms with Gasteiger partial charge in [0.25, 0.3) is 0 Å². The predicted molar refractivity (Wildman–Crippen MR) is 117 cm³/mol. The fraction of sp³-hybridized carbons (Fsp3) is 0.364. The van der Waals surface area contributed by atoms with Gasteiger partial charge in [0, 0.05) is 25.4 Å². The number of methoxy groups -OCH3 is 1. The van der Waals surface area contributed by atoms with E-state index in [9.17, 15) is 13.2 Å². The van der Waals surface area contributed by atoms with E-state index in [0.717, 1.165) is 0 Å². The zero-order valence-corrected chi connectivity index (χ0v) is 19.3. The number of carbonyl (C=O) groups excluding carboxylic acids is 1. The molecule has 3 aromatic rings. The molecule has 3 heterocycles. The lowest BCUT2D eigenvalue weighted by molar-refractivity contribution is 0.0723. The molecule has 1 amide bonds. The molecule has 1 aliphatic heterocycles. The van der Waals surface area contributed by atoms with Crippen molar-refractivity contribution < 1.29 is 27.2 Å². The van der Waals surface area contributed by atoms with E-state index < -0.39 is 21.5 Å². The van der Waals surface area contributed by atoms with E-state index in [-0.39, 0.29) is 22.7 Å². The minimum Gasteiger partial charge on any atom is -0.497 e. The molecule has 1 aromatic carbocycles. The van der Waals surface area contributed by atoms with Crippen LogP contribution in [0.5, 0.6) is 11.5 Å². The van der Waals surface area contributed by atoms with Crippen molar-refractivity contribution >= 4 is 15.7 Å². The van der Waals surface area contributed by atoms with Gasteiger partial charge in [0.1, 0.15) is 23.4 Å². The lowest BCUT2D eigenvalue weighted by Gasteiger charge is -2.15. The lowest BCUT2D eigenvalue weighted by Crippen LogP contribution is -2.31. The molecule has 0 bridgehead atoms. The summed E-state index contributed by atoms with van der Waals surface area (Å²) in [7, 11) is -2.24. The summed E-state index contributed by atoms with van der Waals surface area (Å²) in [5, 5.41) is 3.72. The zero-order valence-electron chi connectivity index (χ0n) is 18.5. The highest BCUT2D eigenvalue weighted by atomic mass is 32.2. The number of rotatable bonds is 7. The van der Waals surface area contributed by atoms with E-state index in [2.05, 4.69) is 15.1 Å². The van der Waals surface area contributed by atoms with Crippen LogP contribution in [0.1, 0.15) is 34.1 Å². The van der Waals surface area contributed by atoms with Crippen molar-refractivity contribution in [1.82, 2.24) is 20.0 Å². The monoisotopic (exact) mass is 472 g/mol. The summed E-state index contributed by atoms with van der Waals surface area (Å²) in [6.07, 6.45) is 3.76. The van der Waals surface area contributed by atoms with Crippen molar-refractivity contribution in [1.29, 1.82) is 0 Å². The van der Waals surface area contributed by atoms with Gasteiger partial charge in [-0.25, -0.2) is 8.42 Å². The van der Waals surface area contributed by atoms with Gasteiger partial charge in [0.05, 0.1) is 18.6 Å². The molecule has 33 heavy (non-hydrogen) atoms. The normalized spacial score (nSPS) is 16.1. The zero-order chi connectivity index (χ0) is 23.6. The number of nitrogens with zero attached hydrogens (tertiary/aromatic N) is 4.